The Balaban J connectivity index is 2.09. The Bertz CT molecular complexity index is 589. The average Bonchev–Trinajstić information content (AvgIpc) is 2.85. The summed E-state index contributed by atoms with van der Waals surface area (Å²) in [7, 11) is 1.89. The summed E-state index contributed by atoms with van der Waals surface area (Å²) < 4.78 is 1.82. The van der Waals surface area contributed by atoms with Gasteiger partial charge in [0.15, 0.2) is 5.13 Å². The van der Waals surface area contributed by atoms with Crippen LogP contribution in [-0.4, -0.2) is 19.7 Å². The number of thiazole rings is 1. The number of nitro groups is 1. The van der Waals surface area contributed by atoms with E-state index in [1.807, 2.05) is 25.6 Å². The number of aromatic nitrogens is 3. The van der Waals surface area contributed by atoms with Gasteiger partial charge in [-0.2, -0.15) is 5.10 Å². The maximum absolute atomic E-state index is 10.5. The molecule has 1 N–H and O–H groups in total. The van der Waals surface area contributed by atoms with E-state index in [1.165, 1.54) is 6.20 Å². The summed E-state index contributed by atoms with van der Waals surface area (Å²) >= 11 is 1.03. The summed E-state index contributed by atoms with van der Waals surface area (Å²) in [4.78, 5) is 14.1. The van der Waals surface area contributed by atoms with Gasteiger partial charge in [0, 0.05) is 24.8 Å². The van der Waals surface area contributed by atoms with E-state index in [1.54, 1.807) is 0 Å². The minimum atomic E-state index is -0.441. The number of aryl methyl sites for hydroxylation is 2. The molecule has 96 valence electrons. The van der Waals surface area contributed by atoms with Crippen molar-refractivity contribution >= 4 is 21.5 Å². The summed E-state index contributed by atoms with van der Waals surface area (Å²) in [5, 5.41) is 18.5. The Labute approximate surface area is 108 Å². The number of nitrogens with zero attached hydrogens (tertiary/aromatic N) is 4. The van der Waals surface area contributed by atoms with E-state index < -0.39 is 4.92 Å². The highest BCUT2D eigenvalue weighted by Crippen LogP contribution is 2.25. The van der Waals surface area contributed by atoms with Gasteiger partial charge in [-0.15, -0.1) is 0 Å². The molecule has 0 spiro atoms. The van der Waals surface area contributed by atoms with E-state index in [0.29, 0.717) is 11.7 Å². The Hall–Kier alpha value is -1.96. The SMILES string of the molecule is Cc1nn(C)c(C)c1CNc1ncc([N+](=O)[O-])s1. The summed E-state index contributed by atoms with van der Waals surface area (Å²) in [6.07, 6.45) is 1.26. The zero-order valence-electron chi connectivity index (χ0n) is 10.3. The van der Waals surface area contributed by atoms with Gasteiger partial charge in [0.05, 0.1) is 10.6 Å². The summed E-state index contributed by atoms with van der Waals surface area (Å²) in [6.45, 7) is 4.49. The van der Waals surface area contributed by atoms with E-state index in [2.05, 4.69) is 15.4 Å². The summed E-state index contributed by atoms with van der Waals surface area (Å²) in [5.41, 5.74) is 3.12. The third kappa shape index (κ3) is 2.33. The molecule has 0 radical (unpaired) electrons. The molecule has 0 aliphatic heterocycles. The fraction of sp³-hybridized carbons (Fsp3) is 0.400. The maximum atomic E-state index is 10.5. The zero-order valence-corrected chi connectivity index (χ0v) is 11.1. The number of anilines is 1. The number of rotatable bonds is 4. The standard InChI is InChI=1S/C10H13N5O2S/c1-6-8(7(2)14(3)13-6)4-11-10-12-5-9(18-10)15(16)17/h5H,4H2,1-3H3,(H,11,12). The molecule has 18 heavy (non-hydrogen) atoms. The third-order valence-corrected chi connectivity index (χ3v) is 3.66. The molecule has 0 saturated heterocycles. The average molecular weight is 267 g/mol. The van der Waals surface area contributed by atoms with Gasteiger partial charge in [-0.05, 0) is 25.2 Å². The monoisotopic (exact) mass is 267 g/mol. The lowest BCUT2D eigenvalue weighted by Gasteiger charge is -2.02. The predicted octanol–water partition coefficient (Wildman–Crippen LogP) is 2.01. The van der Waals surface area contributed by atoms with E-state index in [4.69, 9.17) is 0 Å². The van der Waals surface area contributed by atoms with Crippen molar-refractivity contribution in [3.05, 3.63) is 33.3 Å². The molecular weight excluding hydrogens is 254 g/mol. The van der Waals surface area contributed by atoms with Gasteiger partial charge < -0.3 is 5.32 Å². The van der Waals surface area contributed by atoms with Crippen LogP contribution in [0.5, 0.6) is 0 Å². The van der Waals surface area contributed by atoms with Gasteiger partial charge in [0.1, 0.15) is 6.20 Å². The van der Waals surface area contributed by atoms with Crippen LogP contribution in [0.1, 0.15) is 17.0 Å². The molecule has 0 aliphatic rings. The van der Waals surface area contributed by atoms with E-state index in [-0.39, 0.29) is 5.00 Å². The van der Waals surface area contributed by atoms with Crippen LogP contribution in [0.15, 0.2) is 6.20 Å². The molecule has 0 fully saturated rings. The molecule has 2 heterocycles. The van der Waals surface area contributed by atoms with Crippen LogP contribution in [0, 0.1) is 24.0 Å². The molecule has 0 amide bonds. The van der Waals surface area contributed by atoms with Crippen LogP contribution in [0.25, 0.3) is 0 Å². The van der Waals surface area contributed by atoms with Crippen LogP contribution in [-0.2, 0) is 13.6 Å². The Morgan fingerprint density at radius 3 is 2.78 bits per heavy atom. The topological polar surface area (TPSA) is 85.9 Å². The van der Waals surface area contributed by atoms with Crippen molar-refractivity contribution < 1.29 is 4.92 Å². The fourth-order valence-electron chi connectivity index (χ4n) is 1.67. The number of nitrogens with one attached hydrogen (secondary N) is 1. The lowest BCUT2D eigenvalue weighted by Crippen LogP contribution is -2.01. The normalized spacial score (nSPS) is 10.6. The molecule has 0 saturated carbocycles. The second kappa shape index (κ2) is 4.73. The number of hydrogen-bond acceptors (Lipinski definition) is 6. The predicted molar refractivity (Wildman–Crippen MR) is 68.8 cm³/mol. The van der Waals surface area contributed by atoms with Crippen molar-refractivity contribution in [2.45, 2.75) is 20.4 Å². The van der Waals surface area contributed by atoms with Gasteiger partial charge in [-0.25, -0.2) is 4.98 Å². The van der Waals surface area contributed by atoms with Crippen molar-refractivity contribution in [3.63, 3.8) is 0 Å². The Morgan fingerprint density at radius 1 is 1.56 bits per heavy atom. The number of hydrogen-bond donors (Lipinski definition) is 1. The highest BCUT2D eigenvalue weighted by atomic mass is 32.1. The zero-order chi connectivity index (χ0) is 13.3. The smallest absolute Gasteiger partial charge is 0.345 e. The Morgan fingerprint density at radius 2 is 2.28 bits per heavy atom. The first kappa shape index (κ1) is 12.5. The quantitative estimate of drug-likeness (QED) is 0.676. The van der Waals surface area contributed by atoms with Gasteiger partial charge in [-0.3, -0.25) is 14.8 Å². The van der Waals surface area contributed by atoms with Gasteiger partial charge in [-0.1, -0.05) is 0 Å². The minimum absolute atomic E-state index is 0.0390. The molecule has 0 aromatic carbocycles. The molecule has 2 aromatic heterocycles. The molecule has 0 atom stereocenters. The molecule has 0 bridgehead atoms. The molecule has 0 unspecified atom stereocenters. The van der Waals surface area contributed by atoms with Gasteiger partial charge in [0.2, 0.25) is 0 Å². The van der Waals surface area contributed by atoms with Crippen LogP contribution in [0.4, 0.5) is 10.1 Å². The van der Waals surface area contributed by atoms with Crippen LogP contribution in [0.2, 0.25) is 0 Å². The van der Waals surface area contributed by atoms with Crippen molar-refractivity contribution in [2.75, 3.05) is 5.32 Å². The Kier molecular flexibility index (Phi) is 3.28. The van der Waals surface area contributed by atoms with E-state index in [9.17, 15) is 10.1 Å². The van der Waals surface area contributed by atoms with Gasteiger partial charge >= 0.3 is 5.00 Å². The van der Waals surface area contributed by atoms with E-state index in [0.717, 1.165) is 28.3 Å². The molecule has 2 aromatic rings. The van der Waals surface area contributed by atoms with Crippen molar-refractivity contribution in [3.8, 4) is 0 Å². The molecule has 2 rings (SSSR count). The first-order valence-electron chi connectivity index (χ1n) is 5.32. The largest absolute Gasteiger partial charge is 0.357 e. The third-order valence-electron chi connectivity index (χ3n) is 2.75. The minimum Gasteiger partial charge on any atom is -0.357 e. The van der Waals surface area contributed by atoms with Crippen LogP contribution in [0.3, 0.4) is 0 Å². The van der Waals surface area contributed by atoms with Gasteiger partial charge in [0.25, 0.3) is 0 Å². The first-order valence-corrected chi connectivity index (χ1v) is 6.14. The molecule has 8 heteroatoms. The van der Waals surface area contributed by atoms with E-state index >= 15 is 0 Å². The van der Waals surface area contributed by atoms with Crippen molar-refractivity contribution in [2.24, 2.45) is 7.05 Å². The lowest BCUT2D eigenvalue weighted by molar-refractivity contribution is -0.380. The highest BCUT2D eigenvalue weighted by molar-refractivity contribution is 7.18. The fourth-order valence-corrected chi connectivity index (χ4v) is 2.30. The molecule has 7 nitrogen and oxygen atoms in total. The second-order valence-corrected chi connectivity index (χ2v) is 4.90. The summed E-state index contributed by atoms with van der Waals surface area (Å²) in [5.74, 6) is 0. The summed E-state index contributed by atoms with van der Waals surface area (Å²) in [6, 6.07) is 0. The first-order chi connectivity index (χ1) is 8.49. The van der Waals surface area contributed by atoms with Crippen molar-refractivity contribution in [1.29, 1.82) is 0 Å². The lowest BCUT2D eigenvalue weighted by atomic mass is 10.2. The van der Waals surface area contributed by atoms with Crippen LogP contribution < -0.4 is 5.32 Å². The van der Waals surface area contributed by atoms with Crippen LogP contribution >= 0.6 is 11.3 Å². The molecule has 0 aliphatic carbocycles. The molecular formula is C10H13N5O2S. The second-order valence-electron chi connectivity index (χ2n) is 3.89. The maximum Gasteiger partial charge on any atom is 0.345 e. The van der Waals surface area contributed by atoms with Crippen molar-refractivity contribution in [1.82, 2.24) is 14.8 Å². The highest BCUT2D eigenvalue weighted by Gasteiger charge is 2.13.